The summed E-state index contributed by atoms with van der Waals surface area (Å²) in [6.45, 7) is 0.894. The zero-order valence-corrected chi connectivity index (χ0v) is 18.1. The van der Waals surface area contributed by atoms with Crippen LogP contribution >= 0.6 is 39.3 Å². The van der Waals surface area contributed by atoms with Crippen LogP contribution in [0.15, 0.2) is 62.6 Å². The average Bonchev–Trinajstić information content (AvgIpc) is 3.17. The monoisotopic (exact) mass is 481 g/mol. The van der Waals surface area contributed by atoms with E-state index >= 15 is 0 Å². The number of hydrogen-bond acceptors (Lipinski definition) is 6. The van der Waals surface area contributed by atoms with E-state index < -0.39 is 0 Å². The highest BCUT2D eigenvalue weighted by Crippen LogP contribution is 2.24. The molecule has 0 radical (unpaired) electrons. The molecule has 0 spiro atoms. The molecule has 146 valence electrons. The van der Waals surface area contributed by atoms with Gasteiger partial charge in [0.25, 0.3) is 5.22 Å². The number of likely N-dealkylation sites (N-methyl/N-ethyl adjacent to an activating group) is 1. The first-order valence-electron chi connectivity index (χ1n) is 8.36. The summed E-state index contributed by atoms with van der Waals surface area (Å²) in [5.41, 5.74) is 0.775. The third kappa shape index (κ3) is 5.98. The molecule has 0 saturated heterocycles. The Balaban J connectivity index is 1.43. The summed E-state index contributed by atoms with van der Waals surface area (Å²) in [5.74, 6) is 1.31. The lowest BCUT2D eigenvalue weighted by Crippen LogP contribution is -2.32. The topological polar surface area (TPSA) is 68.5 Å². The minimum Gasteiger partial charge on any atom is -0.492 e. The van der Waals surface area contributed by atoms with Gasteiger partial charge in [0.1, 0.15) is 12.4 Å². The summed E-state index contributed by atoms with van der Waals surface area (Å²) in [6, 6.07) is 14.7. The van der Waals surface area contributed by atoms with Crippen LogP contribution in [-0.2, 0) is 4.79 Å². The lowest BCUT2D eigenvalue weighted by molar-refractivity contribution is -0.127. The Morgan fingerprint density at radius 3 is 2.61 bits per heavy atom. The first-order chi connectivity index (χ1) is 13.5. The zero-order chi connectivity index (χ0) is 19.9. The summed E-state index contributed by atoms with van der Waals surface area (Å²) in [5, 5.41) is 8.95. The summed E-state index contributed by atoms with van der Waals surface area (Å²) in [4.78, 5) is 13.9. The second-order valence-corrected chi connectivity index (χ2v) is 8.07. The van der Waals surface area contributed by atoms with E-state index in [0.29, 0.717) is 29.3 Å². The fraction of sp³-hybridized carbons (Fsp3) is 0.211. The van der Waals surface area contributed by atoms with Gasteiger partial charge in [-0.1, -0.05) is 39.3 Å². The van der Waals surface area contributed by atoms with Crippen LogP contribution in [0.5, 0.6) is 5.75 Å². The standard InChI is InChI=1S/C19H17BrClN3O3S/c1-24(10-11-26-16-8-4-14(20)5-9-16)17(25)12-28-19-23-22-18(27-19)13-2-6-15(21)7-3-13/h2-9H,10-12H2,1H3. The second-order valence-electron chi connectivity index (χ2n) is 5.79. The van der Waals surface area contributed by atoms with Gasteiger partial charge >= 0.3 is 0 Å². The van der Waals surface area contributed by atoms with Crippen molar-refractivity contribution in [3.05, 3.63) is 58.0 Å². The first kappa shape index (κ1) is 20.7. The summed E-state index contributed by atoms with van der Waals surface area (Å²) in [7, 11) is 1.74. The van der Waals surface area contributed by atoms with Crippen LogP contribution in [0.25, 0.3) is 11.5 Å². The predicted molar refractivity (Wildman–Crippen MR) is 113 cm³/mol. The van der Waals surface area contributed by atoms with Crippen LogP contribution < -0.4 is 4.74 Å². The lowest BCUT2D eigenvalue weighted by Gasteiger charge is -2.16. The van der Waals surface area contributed by atoms with Crippen LogP contribution in [0.4, 0.5) is 0 Å². The quantitative estimate of drug-likeness (QED) is 0.430. The lowest BCUT2D eigenvalue weighted by atomic mass is 10.2. The van der Waals surface area contributed by atoms with Crippen molar-refractivity contribution in [2.45, 2.75) is 5.22 Å². The Hall–Kier alpha value is -2.03. The van der Waals surface area contributed by atoms with Gasteiger partial charge in [0.15, 0.2) is 0 Å². The Morgan fingerprint density at radius 2 is 1.89 bits per heavy atom. The number of nitrogens with zero attached hydrogens (tertiary/aromatic N) is 3. The molecule has 0 atom stereocenters. The molecule has 1 amide bonds. The molecule has 9 heteroatoms. The number of carbonyl (C=O) groups is 1. The van der Waals surface area contributed by atoms with Crippen LogP contribution in [0.2, 0.25) is 5.02 Å². The number of carbonyl (C=O) groups excluding carboxylic acids is 1. The van der Waals surface area contributed by atoms with Crippen LogP contribution in [-0.4, -0.2) is 47.0 Å². The number of aromatic nitrogens is 2. The third-order valence-corrected chi connectivity index (χ3v) is 5.34. The molecule has 28 heavy (non-hydrogen) atoms. The molecule has 1 aromatic heterocycles. The zero-order valence-electron chi connectivity index (χ0n) is 15.0. The van der Waals surface area contributed by atoms with E-state index in [-0.39, 0.29) is 11.7 Å². The molecule has 6 nitrogen and oxygen atoms in total. The molecule has 0 aliphatic carbocycles. The first-order valence-corrected chi connectivity index (χ1v) is 10.5. The molecular formula is C19H17BrClN3O3S. The van der Waals surface area contributed by atoms with Gasteiger partial charge in [-0.3, -0.25) is 4.79 Å². The fourth-order valence-corrected chi connectivity index (χ4v) is 3.26. The minimum absolute atomic E-state index is 0.0457. The number of halogens is 2. The minimum atomic E-state index is -0.0457. The van der Waals surface area contributed by atoms with Gasteiger partial charge in [0.2, 0.25) is 11.8 Å². The number of thioether (sulfide) groups is 1. The van der Waals surface area contributed by atoms with Crippen molar-refractivity contribution in [2.24, 2.45) is 0 Å². The third-order valence-electron chi connectivity index (χ3n) is 3.75. The van der Waals surface area contributed by atoms with Crippen LogP contribution in [0, 0.1) is 0 Å². The van der Waals surface area contributed by atoms with Gasteiger partial charge in [-0.05, 0) is 48.5 Å². The van der Waals surface area contributed by atoms with Crippen molar-refractivity contribution in [1.29, 1.82) is 0 Å². The maximum atomic E-state index is 12.3. The SMILES string of the molecule is CN(CCOc1ccc(Br)cc1)C(=O)CSc1nnc(-c2ccc(Cl)cc2)o1. The van der Waals surface area contributed by atoms with E-state index in [9.17, 15) is 4.79 Å². The van der Waals surface area contributed by atoms with E-state index in [0.717, 1.165) is 15.8 Å². The number of rotatable bonds is 8. The van der Waals surface area contributed by atoms with E-state index in [1.54, 1.807) is 36.2 Å². The van der Waals surface area contributed by atoms with Crippen molar-refractivity contribution >= 4 is 45.2 Å². The smallest absolute Gasteiger partial charge is 0.277 e. The van der Waals surface area contributed by atoms with Crippen LogP contribution in [0.1, 0.15) is 0 Å². The van der Waals surface area contributed by atoms with E-state index in [4.69, 9.17) is 20.8 Å². The Bertz CT molecular complexity index is 919. The van der Waals surface area contributed by atoms with Gasteiger partial charge in [0, 0.05) is 22.1 Å². The highest BCUT2D eigenvalue weighted by molar-refractivity contribution is 9.10. The molecule has 0 aliphatic heterocycles. The maximum absolute atomic E-state index is 12.3. The molecule has 0 N–H and O–H groups in total. The highest BCUT2D eigenvalue weighted by atomic mass is 79.9. The molecule has 1 heterocycles. The van der Waals surface area contributed by atoms with Crippen molar-refractivity contribution in [3.8, 4) is 17.2 Å². The average molecular weight is 483 g/mol. The second kappa shape index (κ2) is 9.95. The van der Waals surface area contributed by atoms with Gasteiger partial charge in [-0.2, -0.15) is 0 Å². The molecule has 3 rings (SSSR count). The van der Waals surface area contributed by atoms with Crippen molar-refractivity contribution in [1.82, 2.24) is 15.1 Å². The normalized spacial score (nSPS) is 10.7. The molecule has 3 aromatic rings. The molecule has 0 fully saturated rings. The van der Waals surface area contributed by atoms with Gasteiger partial charge in [-0.25, -0.2) is 0 Å². The number of hydrogen-bond donors (Lipinski definition) is 0. The predicted octanol–water partition coefficient (Wildman–Crippen LogP) is 4.78. The Morgan fingerprint density at radius 1 is 1.18 bits per heavy atom. The largest absolute Gasteiger partial charge is 0.492 e. The highest BCUT2D eigenvalue weighted by Gasteiger charge is 2.14. The van der Waals surface area contributed by atoms with Gasteiger partial charge in [-0.15, -0.1) is 10.2 Å². The molecule has 0 bridgehead atoms. The maximum Gasteiger partial charge on any atom is 0.277 e. The number of amides is 1. The fourth-order valence-electron chi connectivity index (χ4n) is 2.17. The van der Waals surface area contributed by atoms with E-state index in [1.807, 2.05) is 24.3 Å². The Labute approximate surface area is 180 Å². The number of ether oxygens (including phenoxy) is 1. The van der Waals surface area contributed by atoms with E-state index in [1.165, 1.54) is 11.8 Å². The Kier molecular flexibility index (Phi) is 7.36. The van der Waals surface area contributed by atoms with E-state index in [2.05, 4.69) is 26.1 Å². The van der Waals surface area contributed by atoms with Gasteiger partial charge < -0.3 is 14.1 Å². The molecular weight excluding hydrogens is 466 g/mol. The summed E-state index contributed by atoms with van der Waals surface area (Å²) in [6.07, 6.45) is 0. The van der Waals surface area contributed by atoms with Crippen molar-refractivity contribution < 1.29 is 13.9 Å². The molecule has 2 aromatic carbocycles. The molecule has 0 saturated carbocycles. The molecule has 0 aliphatic rings. The number of benzene rings is 2. The van der Waals surface area contributed by atoms with Gasteiger partial charge in [0.05, 0.1) is 12.3 Å². The van der Waals surface area contributed by atoms with Crippen LogP contribution in [0.3, 0.4) is 0 Å². The summed E-state index contributed by atoms with van der Waals surface area (Å²) < 4.78 is 12.2. The van der Waals surface area contributed by atoms with Crippen molar-refractivity contribution in [2.75, 3.05) is 26.0 Å². The summed E-state index contributed by atoms with van der Waals surface area (Å²) >= 11 is 10.5. The van der Waals surface area contributed by atoms with Crippen molar-refractivity contribution in [3.63, 3.8) is 0 Å². The molecule has 0 unspecified atom stereocenters.